The number of carbonyl (C=O) groups excluding carboxylic acids is 2. The molecule has 2 aromatic carbocycles. The number of aryl methyl sites for hydroxylation is 1. The highest BCUT2D eigenvalue weighted by Crippen LogP contribution is 2.29. The molecular weight excluding hydrogens is 326 g/mol. The third-order valence-corrected chi connectivity index (χ3v) is 4.29. The molecule has 1 N–H and O–H groups in total. The second kappa shape index (κ2) is 7.01. The lowest BCUT2D eigenvalue weighted by Gasteiger charge is -2.18. The number of nitrogens with one attached hydrogen (secondary N) is 1. The van der Waals surface area contributed by atoms with E-state index < -0.39 is 23.5 Å². The van der Waals surface area contributed by atoms with Gasteiger partial charge in [-0.25, -0.2) is 8.78 Å². The minimum atomic E-state index is -0.811. The molecule has 0 bridgehead atoms. The molecule has 0 aliphatic carbocycles. The van der Waals surface area contributed by atoms with Gasteiger partial charge in [-0.2, -0.15) is 0 Å². The predicted molar refractivity (Wildman–Crippen MR) is 89.8 cm³/mol. The van der Waals surface area contributed by atoms with E-state index in [2.05, 4.69) is 5.32 Å². The summed E-state index contributed by atoms with van der Waals surface area (Å²) in [6.07, 6.45) is -0.0620. The minimum absolute atomic E-state index is 0.0313. The lowest BCUT2D eigenvalue weighted by atomic mass is 10.1. The fraction of sp³-hybridized carbons (Fsp3) is 0.263. The van der Waals surface area contributed by atoms with Gasteiger partial charge in [-0.15, -0.1) is 0 Å². The van der Waals surface area contributed by atoms with Gasteiger partial charge in [0.05, 0.1) is 5.92 Å². The Kier molecular flexibility index (Phi) is 4.79. The van der Waals surface area contributed by atoms with Gasteiger partial charge in [0.15, 0.2) is 0 Å². The molecule has 1 aliphatic rings. The fourth-order valence-corrected chi connectivity index (χ4v) is 2.89. The van der Waals surface area contributed by atoms with Gasteiger partial charge < -0.3 is 10.2 Å². The van der Waals surface area contributed by atoms with Crippen LogP contribution in [0.4, 0.5) is 14.5 Å². The normalized spacial score (nSPS) is 17.0. The van der Waals surface area contributed by atoms with E-state index >= 15 is 0 Å². The monoisotopic (exact) mass is 344 g/mol. The largest absolute Gasteiger partial charge is 0.352 e. The van der Waals surface area contributed by atoms with Crippen LogP contribution in [-0.2, 0) is 16.1 Å². The van der Waals surface area contributed by atoms with Gasteiger partial charge in [0.25, 0.3) is 0 Å². The van der Waals surface area contributed by atoms with Crippen molar-refractivity contribution >= 4 is 17.5 Å². The lowest BCUT2D eigenvalue weighted by molar-refractivity contribution is -0.126. The summed E-state index contributed by atoms with van der Waals surface area (Å²) in [4.78, 5) is 25.4. The van der Waals surface area contributed by atoms with Crippen LogP contribution in [0.25, 0.3) is 0 Å². The maximum Gasteiger partial charge on any atom is 0.228 e. The van der Waals surface area contributed by atoms with Gasteiger partial charge >= 0.3 is 0 Å². The van der Waals surface area contributed by atoms with E-state index in [1.165, 1.54) is 6.07 Å². The highest BCUT2D eigenvalue weighted by molar-refractivity contribution is 6.00. The molecule has 0 saturated carbocycles. The van der Waals surface area contributed by atoms with Crippen molar-refractivity contribution in [1.29, 1.82) is 0 Å². The van der Waals surface area contributed by atoms with Crippen molar-refractivity contribution in [2.45, 2.75) is 19.9 Å². The van der Waals surface area contributed by atoms with Gasteiger partial charge in [-0.1, -0.05) is 35.9 Å². The summed E-state index contributed by atoms with van der Waals surface area (Å²) >= 11 is 0. The van der Waals surface area contributed by atoms with E-state index in [1.807, 2.05) is 31.2 Å². The lowest BCUT2D eigenvalue weighted by Crippen LogP contribution is -2.33. The molecule has 1 fully saturated rings. The Labute approximate surface area is 144 Å². The molecule has 1 unspecified atom stereocenters. The molecule has 1 aliphatic heterocycles. The topological polar surface area (TPSA) is 49.4 Å². The molecule has 0 spiro atoms. The number of hydrogen-bond donors (Lipinski definition) is 1. The van der Waals surface area contributed by atoms with Crippen molar-refractivity contribution in [3.63, 3.8) is 0 Å². The molecular formula is C19H18F2N2O2. The summed E-state index contributed by atoms with van der Waals surface area (Å²) in [6, 6.07) is 11.1. The summed E-state index contributed by atoms with van der Waals surface area (Å²) in [6.45, 7) is 2.29. The molecule has 1 heterocycles. The first-order valence-corrected chi connectivity index (χ1v) is 8.03. The average Bonchev–Trinajstić information content (AvgIpc) is 2.96. The molecule has 2 aromatic rings. The number of benzene rings is 2. The molecule has 1 atom stereocenters. The van der Waals surface area contributed by atoms with Gasteiger partial charge in [0, 0.05) is 19.5 Å². The second-order valence-corrected chi connectivity index (χ2v) is 6.18. The van der Waals surface area contributed by atoms with Crippen LogP contribution in [0.5, 0.6) is 0 Å². The quantitative estimate of drug-likeness (QED) is 0.927. The number of halogens is 2. The Morgan fingerprint density at radius 3 is 2.44 bits per heavy atom. The number of anilines is 1. The molecule has 130 valence electrons. The molecule has 25 heavy (non-hydrogen) atoms. The van der Waals surface area contributed by atoms with Gasteiger partial charge in [-0.05, 0) is 24.6 Å². The van der Waals surface area contributed by atoms with Crippen LogP contribution < -0.4 is 10.2 Å². The van der Waals surface area contributed by atoms with Crippen LogP contribution in [0.15, 0.2) is 42.5 Å². The molecule has 3 rings (SSSR count). The van der Waals surface area contributed by atoms with E-state index in [4.69, 9.17) is 0 Å². The molecule has 0 aromatic heterocycles. The van der Waals surface area contributed by atoms with Gasteiger partial charge in [0.2, 0.25) is 11.8 Å². The van der Waals surface area contributed by atoms with Crippen molar-refractivity contribution in [2.75, 3.05) is 11.4 Å². The second-order valence-electron chi connectivity index (χ2n) is 6.18. The highest BCUT2D eigenvalue weighted by atomic mass is 19.1. The Morgan fingerprint density at radius 2 is 1.80 bits per heavy atom. The van der Waals surface area contributed by atoms with E-state index in [-0.39, 0.29) is 24.6 Å². The Morgan fingerprint density at radius 1 is 1.16 bits per heavy atom. The van der Waals surface area contributed by atoms with Crippen molar-refractivity contribution in [3.8, 4) is 0 Å². The van der Waals surface area contributed by atoms with Crippen LogP contribution in [0.3, 0.4) is 0 Å². The summed E-state index contributed by atoms with van der Waals surface area (Å²) in [5, 5.41) is 2.78. The molecule has 4 nitrogen and oxygen atoms in total. The number of rotatable bonds is 4. The zero-order chi connectivity index (χ0) is 18.0. The minimum Gasteiger partial charge on any atom is -0.352 e. The van der Waals surface area contributed by atoms with Crippen molar-refractivity contribution in [3.05, 3.63) is 65.2 Å². The maximum absolute atomic E-state index is 13.9. The van der Waals surface area contributed by atoms with Gasteiger partial charge in [-0.3, -0.25) is 9.59 Å². The fourth-order valence-electron chi connectivity index (χ4n) is 2.89. The summed E-state index contributed by atoms with van der Waals surface area (Å²) < 4.78 is 27.7. The summed E-state index contributed by atoms with van der Waals surface area (Å²) in [7, 11) is 0. The Balaban J connectivity index is 1.65. The first-order valence-electron chi connectivity index (χ1n) is 8.03. The number of para-hydroxylation sites is 1. The standard InChI is InChI=1S/C19H18F2N2O2/c1-12-5-7-13(8-6-12)10-22-19(25)14-9-17(24)23(11-14)18-15(20)3-2-4-16(18)21/h2-8,14H,9-11H2,1H3,(H,22,25). The first-order chi connectivity index (χ1) is 12.0. The number of carbonyl (C=O) groups is 2. The van der Waals surface area contributed by atoms with E-state index in [9.17, 15) is 18.4 Å². The number of hydrogen-bond acceptors (Lipinski definition) is 2. The van der Waals surface area contributed by atoms with Crippen molar-refractivity contribution in [1.82, 2.24) is 5.32 Å². The van der Waals surface area contributed by atoms with Crippen LogP contribution >= 0.6 is 0 Å². The third-order valence-electron chi connectivity index (χ3n) is 4.29. The smallest absolute Gasteiger partial charge is 0.228 e. The van der Waals surface area contributed by atoms with E-state index in [0.717, 1.165) is 28.2 Å². The zero-order valence-electron chi connectivity index (χ0n) is 13.8. The summed E-state index contributed by atoms with van der Waals surface area (Å²) in [5.41, 5.74) is 1.68. The van der Waals surface area contributed by atoms with Crippen LogP contribution in [0.1, 0.15) is 17.5 Å². The summed E-state index contributed by atoms with van der Waals surface area (Å²) in [5.74, 6) is -3.01. The van der Waals surface area contributed by atoms with Crippen molar-refractivity contribution in [2.24, 2.45) is 5.92 Å². The van der Waals surface area contributed by atoms with Crippen molar-refractivity contribution < 1.29 is 18.4 Å². The highest BCUT2D eigenvalue weighted by Gasteiger charge is 2.37. The predicted octanol–water partition coefficient (Wildman–Crippen LogP) is 2.94. The van der Waals surface area contributed by atoms with Gasteiger partial charge in [0.1, 0.15) is 17.3 Å². The average molecular weight is 344 g/mol. The molecule has 1 saturated heterocycles. The first kappa shape index (κ1) is 17.1. The van der Waals surface area contributed by atoms with E-state index in [0.29, 0.717) is 6.54 Å². The molecule has 0 radical (unpaired) electrons. The third kappa shape index (κ3) is 3.68. The van der Waals surface area contributed by atoms with Crippen LogP contribution in [-0.4, -0.2) is 18.4 Å². The molecule has 2 amide bonds. The zero-order valence-corrected chi connectivity index (χ0v) is 13.8. The maximum atomic E-state index is 13.9. The van der Waals surface area contributed by atoms with Crippen LogP contribution in [0, 0.1) is 24.5 Å². The number of amides is 2. The Bertz CT molecular complexity index is 785. The van der Waals surface area contributed by atoms with E-state index in [1.54, 1.807) is 0 Å². The van der Waals surface area contributed by atoms with Crippen LogP contribution in [0.2, 0.25) is 0 Å². The SMILES string of the molecule is Cc1ccc(CNC(=O)C2CC(=O)N(c3c(F)cccc3F)C2)cc1. The Hall–Kier alpha value is -2.76. The number of nitrogens with zero attached hydrogens (tertiary/aromatic N) is 1. The molecule has 6 heteroatoms.